The highest BCUT2D eigenvalue weighted by Gasteiger charge is 2.51. The van der Waals surface area contributed by atoms with Gasteiger partial charge in [0.15, 0.2) is 0 Å². The van der Waals surface area contributed by atoms with Gasteiger partial charge in [0, 0.05) is 6.04 Å². The van der Waals surface area contributed by atoms with Crippen LogP contribution in [0.5, 0.6) is 0 Å². The Bertz CT molecular complexity index is 221. The zero-order valence-corrected chi connectivity index (χ0v) is 10.6. The standard InChI is InChI=1S/C14H27N/c1-4-10-7-5-6-8-11(10)13(15)12-9-14(12,2)3/h10-13H,4-9,15H2,1-3H3. The normalized spacial score (nSPS) is 41.2. The van der Waals surface area contributed by atoms with Crippen molar-refractivity contribution in [2.45, 2.75) is 65.3 Å². The third-order valence-electron chi connectivity index (χ3n) is 5.04. The maximum absolute atomic E-state index is 6.50. The molecule has 15 heavy (non-hydrogen) atoms. The monoisotopic (exact) mass is 209 g/mol. The minimum absolute atomic E-state index is 0.491. The first kappa shape index (κ1) is 11.4. The summed E-state index contributed by atoms with van der Waals surface area (Å²) in [6.07, 6.45) is 8.39. The van der Waals surface area contributed by atoms with Crippen LogP contribution in [-0.4, -0.2) is 6.04 Å². The molecule has 2 fully saturated rings. The molecule has 4 atom stereocenters. The van der Waals surface area contributed by atoms with Crippen molar-refractivity contribution in [3.05, 3.63) is 0 Å². The molecule has 2 aliphatic carbocycles. The summed E-state index contributed by atoms with van der Waals surface area (Å²) >= 11 is 0. The summed E-state index contributed by atoms with van der Waals surface area (Å²) < 4.78 is 0. The van der Waals surface area contributed by atoms with Gasteiger partial charge in [-0.3, -0.25) is 0 Å². The van der Waals surface area contributed by atoms with Gasteiger partial charge in [-0.2, -0.15) is 0 Å². The lowest BCUT2D eigenvalue weighted by Crippen LogP contribution is -2.39. The summed E-state index contributed by atoms with van der Waals surface area (Å²) in [4.78, 5) is 0. The third-order valence-corrected chi connectivity index (χ3v) is 5.04. The molecule has 0 bridgehead atoms. The molecule has 1 nitrogen and oxygen atoms in total. The van der Waals surface area contributed by atoms with E-state index in [0.29, 0.717) is 11.5 Å². The molecule has 88 valence electrons. The molecule has 0 spiro atoms. The minimum Gasteiger partial charge on any atom is -0.327 e. The predicted octanol–water partition coefficient (Wildman–Crippen LogP) is 3.58. The van der Waals surface area contributed by atoms with E-state index in [1.165, 1.54) is 38.5 Å². The average molecular weight is 209 g/mol. The smallest absolute Gasteiger partial charge is 0.0104 e. The minimum atomic E-state index is 0.491. The van der Waals surface area contributed by atoms with E-state index in [-0.39, 0.29) is 0 Å². The van der Waals surface area contributed by atoms with Crippen LogP contribution in [0.4, 0.5) is 0 Å². The molecular formula is C14H27N. The van der Waals surface area contributed by atoms with E-state index in [1.54, 1.807) is 0 Å². The molecule has 0 aromatic rings. The summed E-state index contributed by atoms with van der Waals surface area (Å²) in [7, 11) is 0. The van der Waals surface area contributed by atoms with Crippen LogP contribution in [0.3, 0.4) is 0 Å². The van der Waals surface area contributed by atoms with Crippen LogP contribution in [0.1, 0.15) is 59.3 Å². The summed E-state index contributed by atoms with van der Waals surface area (Å²) in [6, 6.07) is 0.491. The molecule has 2 aliphatic rings. The zero-order valence-electron chi connectivity index (χ0n) is 10.6. The summed E-state index contributed by atoms with van der Waals surface area (Å²) in [5, 5.41) is 0. The first-order valence-electron chi connectivity index (χ1n) is 6.82. The lowest BCUT2D eigenvalue weighted by molar-refractivity contribution is 0.176. The summed E-state index contributed by atoms with van der Waals surface area (Å²) in [5.74, 6) is 2.57. The molecule has 0 aliphatic heterocycles. The van der Waals surface area contributed by atoms with Crippen molar-refractivity contribution in [1.29, 1.82) is 0 Å². The Balaban J connectivity index is 1.96. The van der Waals surface area contributed by atoms with E-state index in [4.69, 9.17) is 5.73 Å². The molecule has 2 saturated carbocycles. The van der Waals surface area contributed by atoms with Gasteiger partial charge in [0.25, 0.3) is 0 Å². The van der Waals surface area contributed by atoms with Crippen LogP contribution in [0, 0.1) is 23.2 Å². The summed E-state index contributed by atoms with van der Waals surface area (Å²) in [6.45, 7) is 7.09. The van der Waals surface area contributed by atoms with Crippen LogP contribution in [0.25, 0.3) is 0 Å². The molecule has 2 rings (SSSR count). The van der Waals surface area contributed by atoms with Gasteiger partial charge in [0.2, 0.25) is 0 Å². The molecule has 0 aromatic heterocycles. The van der Waals surface area contributed by atoms with Crippen molar-refractivity contribution in [1.82, 2.24) is 0 Å². The summed E-state index contributed by atoms with van der Waals surface area (Å²) in [5.41, 5.74) is 7.05. The topological polar surface area (TPSA) is 26.0 Å². The van der Waals surface area contributed by atoms with Gasteiger partial charge < -0.3 is 5.73 Å². The van der Waals surface area contributed by atoms with E-state index in [1.807, 2.05) is 0 Å². The van der Waals surface area contributed by atoms with Crippen LogP contribution >= 0.6 is 0 Å². The molecular weight excluding hydrogens is 182 g/mol. The van der Waals surface area contributed by atoms with E-state index in [0.717, 1.165) is 17.8 Å². The molecule has 0 heterocycles. The Morgan fingerprint density at radius 1 is 1.27 bits per heavy atom. The van der Waals surface area contributed by atoms with E-state index in [9.17, 15) is 0 Å². The molecule has 0 saturated heterocycles. The van der Waals surface area contributed by atoms with E-state index < -0.39 is 0 Å². The molecule has 2 N–H and O–H groups in total. The van der Waals surface area contributed by atoms with Crippen molar-refractivity contribution in [2.24, 2.45) is 28.9 Å². The Labute approximate surface area is 94.8 Å². The lowest BCUT2D eigenvalue weighted by atomic mass is 9.72. The van der Waals surface area contributed by atoms with Crippen molar-refractivity contribution in [3.63, 3.8) is 0 Å². The average Bonchev–Trinajstić information content (AvgIpc) is 2.86. The Morgan fingerprint density at radius 3 is 2.40 bits per heavy atom. The second kappa shape index (κ2) is 4.08. The number of hydrogen-bond acceptors (Lipinski definition) is 1. The SMILES string of the molecule is CCC1CCCCC1C(N)C1CC1(C)C. The van der Waals surface area contributed by atoms with E-state index >= 15 is 0 Å². The number of nitrogens with two attached hydrogens (primary N) is 1. The Morgan fingerprint density at radius 2 is 1.87 bits per heavy atom. The maximum Gasteiger partial charge on any atom is 0.0104 e. The van der Waals surface area contributed by atoms with Gasteiger partial charge in [-0.15, -0.1) is 0 Å². The number of rotatable bonds is 3. The first-order chi connectivity index (χ1) is 7.06. The van der Waals surface area contributed by atoms with Gasteiger partial charge in [-0.1, -0.05) is 46.5 Å². The van der Waals surface area contributed by atoms with Crippen molar-refractivity contribution >= 4 is 0 Å². The molecule has 0 aromatic carbocycles. The van der Waals surface area contributed by atoms with Gasteiger partial charge in [0.05, 0.1) is 0 Å². The molecule has 4 unspecified atom stereocenters. The van der Waals surface area contributed by atoms with Gasteiger partial charge >= 0.3 is 0 Å². The van der Waals surface area contributed by atoms with Crippen LogP contribution in [0.15, 0.2) is 0 Å². The Hall–Kier alpha value is -0.0400. The molecule has 0 amide bonds. The third kappa shape index (κ3) is 2.22. The highest BCUT2D eigenvalue weighted by molar-refractivity contribution is 5.03. The van der Waals surface area contributed by atoms with Gasteiger partial charge in [-0.25, -0.2) is 0 Å². The lowest BCUT2D eigenvalue weighted by Gasteiger charge is -2.36. The van der Waals surface area contributed by atoms with Gasteiger partial charge in [0.1, 0.15) is 0 Å². The second-order valence-electron chi connectivity index (χ2n) is 6.49. The highest BCUT2D eigenvalue weighted by atomic mass is 14.8. The molecule has 0 radical (unpaired) electrons. The highest BCUT2D eigenvalue weighted by Crippen LogP contribution is 2.55. The van der Waals surface area contributed by atoms with Crippen LogP contribution < -0.4 is 5.73 Å². The Kier molecular flexibility index (Phi) is 3.12. The quantitative estimate of drug-likeness (QED) is 0.755. The van der Waals surface area contributed by atoms with Crippen LogP contribution in [0.2, 0.25) is 0 Å². The zero-order chi connectivity index (χ0) is 11.1. The fraction of sp³-hybridized carbons (Fsp3) is 1.00. The predicted molar refractivity (Wildman–Crippen MR) is 65.6 cm³/mol. The maximum atomic E-state index is 6.50. The number of hydrogen-bond donors (Lipinski definition) is 1. The van der Waals surface area contributed by atoms with Crippen molar-refractivity contribution in [3.8, 4) is 0 Å². The fourth-order valence-corrected chi connectivity index (χ4v) is 3.71. The van der Waals surface area contributed by atoms with Gasteiger partial charge in [-0.05, 0) is 36.0 Å². The second-order valence-corrected chi connectivity index (χ2v) is 6.49. The van der Waals surface area contributed by atoms with Crippen molar-refractivity contribution < 1.29 is 0 Å². The first-order valence-corrected chi connectivity index (χ1v) is 6.82. The molecule has 1 heteroatoms. The van der Waals surface area contributed by atoms with E-state index in [2.05, 4.69) is 20.8 Å². The largest absolute Gasteiger partial charge is 0.327 e. The van der Waals surface area contributed by atoms with Crippen molar-refractivity contribution in [2.75, 3.05) is 0 Å². The fourth-order valence-electron chi connectivity index (χ4n) is 3.71. The van der Waals surface area contributed by atoms with Crippen LogP contribution in [-0.2, 0) is 0 Å².